The molecule has 0 spiro atoms. The van der Waals surface area contributed by atoms with Crippen molar-refractivity contribution in [3.05, 3.63) is 0 Å². The summed E-state index contributed by atoms with van der Waals surface area (Å²) in [6.45, 7) is 4.49. The molecule has 0 aromatic carbocycles. The lowest BCUT2D eigenvalue weighted by Gasteiger charge is -2.12. The highest BCUT2D eigenvalue weighted by Crippen LogP contribution is 2.19. The number of rotatable bonds is 20. The standard InChI is InChI=1S/C23H46O2/c1-3-5-7-9-10-11-12-13-14-15-17-19-21-22(23(24)25)20-18-16-8-6-4-2/h22H,3-21H2,1-2H3,(H,24,25). The van der Waals surface area contributed by atoms with E-state index >= 15 is 0 Å². The molecular weight excluding hydrogens is 308 g/mol. The molecule has 1 unspecified atom stereocenters. The zero-order valence-corrected chi connectivity index (χ0v) is 17.4. The molecule has 0 saturated carbocycles. The zero-order valence-electron chi connectivity index (χ0n) is 17.4. The third-order valence-electron chi connectivity index (χ3n) is 5.41. The minimum Gasteiger partial charge on any atom is -0.481 e. The van der Waals surface area contributed by atoms with Gasteiger partial charge in [-0.15, -0.1) is 0 Å². The van der Waals surface area contributed by atoms with Crippen molar-refractivity contribution >= 4 is 5.97 Å². The lowest BCUT2D eigenvalue weighted by atomic mass is 9.94. The van der Waals surface area contributed by atoms with Crippen molar-refractivity contribution in [2.45, 2.75) is 136 Å². The Hall–Kier alpha value is -0.530. The van der Waals surface area contributed by atoms with Gasteiger partial charge in [0, 0.05) is 0 Å². The lowest BCUT2D eigenvalue weighted by Crippen LogP contribution is -2.13. The maximum atomic E-state index is 11.4. The summed E-state index contributed by atoms with van der Waals surface area (Å²) in [5.74, 6) is -0.664. The number of hydrogen-bond donors (Lipinski definition) is 1. The highest BCUT2D eigenvalue weighted by Gasteiger charge is 2.16. The van der Waals surface area contributed by atoms with E-state index in [2.05, 4.69) is 13.8 Å². The minimum atomic E-state index is -0.571. The van der Waals surface area contributed by atoms with Crippen LogP contribution in [-0.4, -0.2) is 11.1 Å². The molecule has 2 nitrogen and oxygen atoms in total. The highest BCUT2D eigenvalue weighted by atomic mass is 16.4. The second-order valence-corrected chi connectivity index (χ2v) is 7.92. The van der Waals surface area contributed by atoms with E-state index in [0.29, 0.717) is 0 Å². The summed E-state index contributed by atoms with van der Waals surface area (Å²) in [4.78, 5) is 11.4. The molecule has 2 heteroatoms. The lowest BCUT2D eigenvalue weighted by molar-refractivity contribution is -0.142. The second-order valence-electron chi connectivity index (χ2n) is 7.92. The van der Waals surface area contributed by atoms with Gasteiger partial charge in [-0.25, -0.2) is 0 Å². The first-order chi connectivity index (χ1) is 12.2. The smallest absolute Gasteiger partial charge is 0.306 e. The monoisotopic (exact) mass is 354 g/mol. The molecule has 0 rings (SSSR count). The van der Waals surface area contributed by atoms with Crippen molar-refractivity contribution < 1.29 is 9.90 Å². The Balaban J connectivity index is 3.40. The van der Waals surface area contributed by atoms with Crippen molar-refractivity contribution in [3.63, 3.8) is 0 Å². The molecule has 0 aliphatic heterocycles. The quantitative estimate of drug-likeness (QED) is 0.224. The van der Waals surface area contributed by atoms with Crippen molar-refractivity contribution in [2.75, 3.05) is 0 Å². The molecule has 0 amide bonds. The van der Waals surface area contributed by atoms with Crippen LogP contribution in [0, 0.1) is 5.92 Å². The average molecular weight is 355 g/mol. The third-order valence-corrected chi connectivity index (χ3v) is 5.41. The van der Waals surface area contributed by atoms with E-state index in [1.165, 1.54) is 96.3 Å². The highest BCUT2D eigenvalue weighted by molar-refractivity contribution is 5.69. The Morgan fingerprint density at radius 3 is 1.12 bits per heavy atom. The number of carboxylic acid groups (broad SMARTS) is 1. The van der Waals surface area contributed by atoms with Gasteiger partial charge in [0.15, 0.2) is 0 Å². The summed E-state index contributed by atoms with van der Waals surface area (Å²) in [6, 6.07) is 0. The minimum absolute atomic E-state index is 0.0928. The van der Waals surface area contributed by atoms with E-state index < -0.39 is 5.97 Å². The molecule has 0 aromatic heterocycles. The van der Waals surface area contributed by atoms with Crippen LogP contribution < -0.4 is 0 Å². The number of carboxylic acids is 1. The van der Waals surface area contributed by atoms with E-state index in [1.54, 1.807) is 0 Å². The van der Waals surface area contributed by atoms with Crippen LogP contribution in [0.5, 0.6) is 0 Å². The van der Waals surface area contributed by atoms with Crippen LogP contribution in [0.1, 0.15) is 136 Å². The maximum Gasteiger partial charge on any atom is 0.306 e. The van der Waals surface area contributed by atoms with Gasteiger partial charge in [0.1, 0.15) is 0 Å². The fourth-order valence-electron chi connectivity index (χ4n) is 3.62. The molecule has 0 saturated heterocycles. The molecule has 25 heavy (non-hydrogen) atoms. The summed E-state index contributed by atoms with van der Waals surface area (Å²) in [7, 11) is 0. The van der Waals surface area contributed by atoms with E-state index in [4.69, 9.17) is 0 Å². The molecule has 0 aliphatic carbocycles. The second kappa shape index (κ2) is 19.8. The molecule has 1 atom stereocenters. The summed E-state index contributed by atoms with van der Waals surface area (Å²) < 4.78 is 0. The first kappa shape index (κ1) is 24.5. The fraction of sp³-hybridized carbons (Fsp3) is 0.957. The number of aliphatic carboxylic acids is 1. The topological polar surface area (TPSA) is 37.3 Å². The van der Waals surface area contributed by atoms with Crippen molar-refractivity contribution in [1.29, 1.82) is 0 Å². The van der Waals surface area contributed by atoms with Gasteiger partial charge in [0.2, 0.25) is 0 Å². The molecule has 0 aromatic rings. The molecule has 0 heterocycles. The first-order valence-electron chi connectivity index (χ1n) is 11.4. The van der Waals surface area contributed by atoms with Crippen LogP contribution >= 0.6 is 0 Å². The van der Waals surface area contributed by atoms with E-state index in [1.807, 2.05) is 0 Å². The van der Waals surface area contributed by atoms with Gasteiger partial charge in [-0.3, -0.25) is 4.79 Å². The zero-order chi connectivity index (χ0) is 18.6. The predicted molar refractivity (Wildman–Crippen MR) is 110 cm³/mol. The molecule has 1 N–H and O–H groups in total. The van der Waals surface area contributed by atoms with Crippen molar-refractivity contribution in [3.8, 4) is 0 Å². The van der Waals surface area contributed by atoms with Crippen molar-refractivity contribution in [2.24, 2.45) is 5.92 Å². The Morgan fingerprint density at radius 2 is 0.840 bits per heavy atom. The normalized spacial score (nSPS) is 12.4. The van der Waals surface area contributed by atoms with Crippen molar-refractivity contribution in [1.82, 2.24) is 0 Å². The van der Waals surface area contributed by atoms with E-state index in [-0.39, 0.29) is 5.92 Å². The van der Waals surface area contributed by atoms with E-state index in [0.717, 1.165) is 25.7 Å². The molecular formula is C23H46O2. The van der Waals surface area contributed by atoms with Gasteiger partial charge < -0.3 is 5.11 Å². The van der Waals surface area contributed by atoms with Gasteiger partial charge in [0.05, 0.1) is 5.92 Å². The molecule has 0 aliphatic rings. The summed E-state index contributed by atoms with van der Waals surface area (Å²) in [5, 5.41) is 9.35. The predicted octanol–water partition coefficient (Wildman–Crippen LogP) is 8.14. The summed E-state index contributed by atoms with van der Waals surface area (Å²) >= 11 is 0. The number of carbonyl (C=O) groups is 1. The van der Waals surface area contributed by atoms with Crippen LogP contribution in [0.4, 0.5) is 0 Å². The van der Waals surface area contributed by atoms with Gasteiger partial charge >= 0.3 is 5.97 Å². The molecule has 150 valence electrons. The first-order valence-corrected chi connectivity index (χ1v) is 11.4. The van der Waals surface area contributed by atoms with E-state index in [9.17, 15) is 9.90 Å². The number of hydrogen-bond acceptors (Lipinski definition) is 1. The molecule has 0 fully saturated rings. The van der Waals surface area contributed by atoms with Gasteiger partial charge in [-0.1, -0.05) is 123 Å². The fourth-order valence-corrected chi connectivity index (χ4v) is 3.62. The van der Waals surface area contributed by atoms with Gasteiger partial charge in [-0.05, 0) is 12.8 Å². The third kappa shape index (κ3) is 18.1. The molecule has 0 radical (unpaired) electrons. The Labute approximate surface area is 158 Å². The van der Waals surface area contributed by atoms with Crippen LogP contribution in [-0.2, 0) is 4.79 Å². The van der Waals surface area contributed by atoms with Gasteiger partial charge in [-0.2, -0.15) is 0 Å². The van der Waals surface area contributed by atoms with Crippen LogP contribution in [0.2, 0.25) is 0 Å². The maximum absolute atomic E-state index is 11.4. The largest absolute Gasteiger partial charge is 0.481 e. The van der Waals surface area contributed by atoms with Gasteiger partial charge in [0.25, 0.3) is 0 Å². The van der Waals surface area contributed by atoms with Crippen LogP contribution in [0.3, 0.4) is 0 Å². The summed E-state index contributed by atoms with van der Waals surface area (Å²) in [6.07, 6.45) is 24.0. The van der Waals surface area contributed by atoms with Crippen LogP contribution in [0.25, 0.3) is 0 Å². The Bertz CT molecular complexity index is 275. The Kier molecular flexibility index (Phi) is 19.4. The molecule has 0 bridgehead atoms. The SMILES string of the molecule is CCCCCCCCCCCCCCC(CCCCCCC)C(=O)O. The number of unbranched alkanes of at least 4 members (excludes halogenated alkanes) is 15. The average Bonchev–Trinajstić information content (AvgIpc) is 2.60. The Morgan fingerprint density at radius 1 is 0.560 bits per heavy atom. The summed E-state index contributed by atoms with van der Waals surface area (Å²) in [5.41, 5.74) is 0. The van der Waals surface area contributed by atoms with Crippen LogP contribution in [0.15, 0.2) is 0 Å².